The Morgan fingerprint density at radius 3 is 2.65 bits per heavy atom. The van der Waals surface area contributed by atoms with E-state index in [0.29, 0.717) is 5.56 Å². The Morgan fingerprint density at radius 1 is 1.06 bits per heavy atom. The van der Waals surface area contributed by atoms with E-state index in [1.807, 2.05) is 47.4 Å². The van der Waals surface area contributed by atoms with Gasteiger partial charge in [-0.1, -0.05) is 36.8 Å². The number of hydrogen-bond donors (Lipinski definition) is 3. The van der Waals surface area contributed by atoms with Gasteiger partial charge >= 0.3 is 0 Å². The first kappa shape index (κ1) is 21.9. The molecule has 1 unspecified atom stereocenters. The number of fused-ring (bicyclic) bond motifs is 1. The zero-order valence-electron chi connectivity index (χ0n) is 17.8. The van der Waals surface area contributed by atoms with Crippen molar-refractivity contribution in [1.29, 1.82) is 5.41 Å². The van der Waals surface area contributed by atoms with Gasteiger partial charge in [-0.05, 0) is 43.1 Å². The molecule has 0 spiro atoms. The Balaban J connectivity index is 1.43. The van der Waals surface area contributed by atoms with E-state index >= 15 is 0 Å². The van der Waals surface area contributed by atoms with Gasteiger partial charge in [0.25, 0.3) is 0 Å². The van der Waals surface area contributed by atoms with Gasteiger partial charge in [-0.15, -0.1) is 11.8 Å². The van der Waals surface area contributed by atoms with Crippen LogP contribution in [0.2, 0.25) is 0 Å². The molecule has 1 amide bonds. The normalized spacial score (nSPS) is 19.3. The number of hydrogen-bond acceptors (Lipinski definition) is 5. The van der Waals surface area contributed by atoms with Crippen LogP contribution in [0.5, 0.6) is 0 Å². The molecular formula is C24H31N5OS. The van der Waals surface area contributed by atoms with Gasteiger partial charge in [-0.25, -0.2) is 0 Å². The number of nitrogen functional groups attached to an aromatic ring is 1. The van der Waals surface area contributed by atoms with Crippen LogP contribution in [0.1, 0.15) is 35.6 Å². The van der Waals surface area contributed by atoms with E-state index in [2.05, 4.69) is 16.3 Å². The fourth-order valence-corrected chi connectivity index (χ4v) is 5.47. The lowest BCUT2D eigenvalue weighted by atomic mass is 10.1. The fourth-order valence-electron chi connectivity index (χ4n) is 4.24. The van der Waals surface area contributed by atoms with Crippen LogP contribution >= 0.6 is 11.8 Å². The minimum Gasteiger partial charge on any atom is -0.384 e. The maximum absolute atomic E-state index is 13.5. The van der Waals surface area contributed by atoms with Gasteiger partial charge in [0, 0.05) is 43.2 Å². The molecule has 7 heteroatoms. The lowest BCUT2D eigenvalue weighted by molar-refractivity contribution is -0.118. The van der Waals surface area contributed by atoms with E-state index in [1.54, 1.807) is 11.8 Å². The summed E-state index contributed by atoms with van der Waals surface area (Å²) in [6, 6.07) is 15.7. The van der Waals surface area contributed by atoms with Crippen LogP contribution in [-0.2, 0) is 4.79 Å². The van der Waals surface area contributed by atoms with E-state index in [4.69, 9.17) is 11.1 Å². The number of nitrogens with one attached hydrogen (secondary N) is 2. The molecule has 4 N–H and O–H groups in total. The molecule has 2 aromatic carbocycles. The van der Waals surface area contributed by atoms with E-state index in [9.17, 15) is 4.79 Å². The van der Waals surface area contributed by atoms with Crippen LogP contribution < -0.4 is 16.0 Å². The summed E-state index contributed by atoms with van der Waals surface area (Å²) >= 11 is 1.59. The Hall–Kier alpha value is -2.35. The van der Waals surface area contributed by atoms with Gasteiger partial charge < -0.3 is 20.9 Å². The number of para-hydroxylation sites is 1. The molecule has 31 heavy (non-hydrogen) atoms. The Bertz CT molecular complexity index is 928. The van der Waals surface area contributed by atoms with Gasteiger partial charge in [0.15, 0.2) is 0 Å². The van der Waals surface area contributed by atoms with Crippen molar-refractivity contribution in [3.05, 3.63) is 59.7 Å². The summed E-state index contributed by atoms with van der Waals surface area (Å²) < 4.78 is 0. The third-order valence-corrected chi connectivity index (χ3v) is 7.27. The van der Waals surface area contributed by atoms with Crippen molar-refractivity contribution in [2.75, 3.05) is 44.2 Å². The molecule has 164 valence electrons. The molecule has 4 rings (SSSR count). The average Bonchev–Trinajstić information content (AvgIpc) is 2.80. The second kappa shape index (κ2) is 10.3. The topological polar surface area (TPSA) is 85.5 Å². The largest absolute Gasteiger partial charge is 0.384 e. The van der Waals surface area contributed by atoms with Crippen LogP contribution in [0.3, 0.4) is 0 Å². The van der Waals surface area contributed by atoms with Crippen molar-refractivity contribution in [1.82, 2.24) is 10.2 Å². The van der Waals surface area contributed by atoms with E-state index < -0.39 is 0 Å². The molecule has 2 heterocycles. The highest BCUT2D eigenvalue weighted by Gasteiger charge is 2.34. The van der Waals surface area contributed by atoms with Crippen molar-refractivity contribution < 1.29 is 4.79 Å². The number of anilines is 1. The summed E-state index contributed by atoms with van der Waals surface area (Å²) in [4.78, 5) is 19.1. The molecule has 0 aromatic heterocycles. The van der Waals surface area contributed by atoms with Crippen LogP contribution in [-0.4, -0.2) is 55.9 Å². The number of amidine groups is 1. The van der Waals surface area contributed by atoms with E-state index in [1.165, 1.54) is 6.42 Å². The second-order valence-corrected chi connectivity index (χ2v) is 9.29. The molecule has 2 aliphatic heterocycles. The molecule has 6 nitrogen and oxygen atoms in total. The number of benzene rings is 2. The number of nitrogens with two attached hydrogens (primary N) is 1. The van der Waals surface area contributed by atoms with Crippen molar-refractivity contribution in [2.45, 2.75) is 29.4 Å². The average molecular weight is 438 g/mol. The maximum Gasteiger partial charge on any atom is 0.245 e. The van der Waals surface area contributed by atoms with Gasteiger partial charge in [-0.3, -0.25) is 10.2 Å². The Kier molecular flexibility index (Phi) is 7.27. The van der Waals surface area contributed by atoms with Crippen molar-refractivity contribution in [3.8, 4) is 0 Å². The molecule has 0 bridgehead atoms. The second-order valence-electron chi connectivity index (χ2n) is 8.15. The lowest BCUT2D eigenvalue weighted by Crippen LogP contribution is -2.43. The van der Waals surface area contributed by atoms with Crippen LogP contribution in [0.25, 0.3) is 0 Å². The van der Waals surface area contributed by atoms with Crippen molar-refractivity contribution in [2.24, 2.45) is 5.73 Å². The minimum atomic E-state index is -0.310. The quantitative estimate of drug-likeness (QED) is 0.335. The molecule has 2 aliphatic rings. The molecule has 1 saturated heterocycles. The van der Waals surface area contributed by atoms with Crippen LogP contribution in [0, 0.1) is 5.41 Å². The highest BCUT2D eigenvalue weighted by atomic mass is 32.2. The predicted molar refractivity (Wildman–Crippen MR) is 128 cm³/mol. The zero-order valence-corrected chi connectivity index (χ0v) is 18.7. The monoisotopic (exact) mass is 437 g/mol. The summed E-state index contributed by atoms with van der Waals surface area (Å²) in [7, 11) is 0. The number of piperazine rings is 1. The van der Waals surface area contributed by atoms with E-state index in [-0.39, 0.29) is 17.0 Å². The first-order valence-electron chi connectivity index (χ1n) is 11.1. The number of carbonyl (C=O) groups is 1. The first-order valence-corrected chi connectivity index (χ1v) is 12.0. The number of rotatable bonds is 8. The zero-order chi connectivity index (χ0) is 21.6. The Morgan fingerprint density at radius 2 is 1.84 bits per heavy atom. The lowest BCUT2D eigenvalue weighted by Gasteiger charge is -2.34. The summed E-state index contributed by atoms with van der Waals surface area (Å²) in [5.74, 6) is 0.142. The summed E-state index contributed by atoms with van der Waals surface area (Å²) in [5.41, 5.74) is 8.25. The molecule has 1 fully saturated rings. The molecular weight excluding hydrogens is 406 g/mol. The molecule has 2 aromatic rings. The number of unbranched alkanes of at least 4 members (excludes halogenated alkanes) is 2. The third kappa shape index (κ3) is 5.29. The maximum atomic E-state index is 13.5. The number of thioether (sulfide) groups is 1. The highest BCUT2D eigenvalue weighted by molar-refractivity contribution is 8.00. The minimum absolute atomic E-state index is 0.0249. The van der Waals surface area contributed by atoms with Gasteiger partial charge in [0.1, 0.15) is 11.1 Å². The molecule has 0 saturated carbocycles. The SMILES string of the molecule is N=C(N)c1cccc(C2Sc3ccccc3N(CCCCCN3CCNCC3)C2=O)c1. The Labute approximate surface area is 188 Å². The smallest absolute Gasteiger partial charge is 0.245 e. The summed E-state index contributed by atoms with van der Waals surface area (Å²) in [6.07, 6.45) is 3.28. The highest BCUT2D eigenvalue weighted by Crippen LogP contribution is 2.46. The fraction of sp³-hybridized carbons (Fsp3) is 0.417. The predicted octanol–water partition coefficient (Wildman–Crippen LogP) is 3.23. The standard InChI is InChI=1S/C24H31N5OS/c25-23(26)19-8-6-7-18(17-19)22-24(30)29(20-9-2-3-10-21(20)31-22)14-5-1-4-13-28-15-11-27-12-16-28/h2-3,6-10,17,22,27H,1,4-5,11-16H2,(H3,25,26). The van der Waals surface area contributed by atoms with Crippen molar-refractivity contribution in [3.63, 3.8) is 0 Å². The van der Waals surface area contributed by atoms with E-state index in [0.717, 1.165) is 68.3 Å². The van der Waals surface area contributed by atoms with Crippen LogP contribution in [0.15, 0.2) is 53.4 Å². The molecule has 1 atom stereocenters. The van der Waals surface area contributed by atoms with Gasteiger partial charge in [0.2, 0.25) is 5.91 Å². The number of carbonyl (C=O) groups excluding carboxylic acids is 1. The van der Waals surface area contributed by atoms with Crippen molar-refractivity contribution >= 4 is 29.2 Å². The number of amides is 1. The number of nitrogens with zero attached hydrogens (tertiary/aromatic N) is 2. The van der Waals surface area contributed by atoms with Gasteiger partial charge in [0.05, 0.1) is 5.69 Å². The first-order chi connectivity index (χ1) is 15.1. The third-order valence-electron chi connectivity index (χ3n) is 5.96. The molecule has 0 aliphatic carbocycles. The molecule has 0 radical (unpaired) electrons. The van der Waals surface area contributed by atoms with Gasteiger partial charge in [-0.2, -0.15) is 0 Å². The van der Waals surface area contributed by atoms with Crippen LogP contribution in [0.4, 0.5) is 5.69 Å². The summed E-state index contributed by atoms with van der Waals surface area (Å²) in [6.45, 7) is 6.32. The summed E-state index contributed by atoms with van der Waals surface area (Å²) in [5, 5.41) is 10.8.